The standard InChI is InChI=1S/C15H16FNO3/c16-13-9-11(6-7-12(13)15(19)20)17-14(18)8-10-4-2-1-3-5-10/h4,6-7,9H,1-3,5,8H2,(H,17,18)(H,19,20). The third-order valence-electron chi connectivity index (χ3n) is 3.26. The summed E-state index contributed by atoms with van der Waals surface area (Å²) in [6.07, 6.45) is 6.58. The molecule has 2 N–H and O–H groups in total. The van der Waals surface area contributed by atoms with Crippen LogP contribution in [-0.4, -0.2) is 17.0 Å². The Bertz CT molecular complexity index is 566. The number of carbonyl (C=O) groups excluding carboxylic acids is 1. The molecule has 0 saturated heterocycles. The molecule has 5 heteroatoms. The number of carboxylic acid groups (broad SMARTS) is 1. The van der Waals surface area contributed by atoms with Crippen molar-refractivity contribution in [2.24, 2.45) is 0 Å². The molecule has 1 aliphatic rings. The third-order valence-corrected chi connectivity index (χ3v) is 3.26. The van der Waals surface area contributed by atoms with Crippen molar-refractivity contribution in [3.05, 3.63) is 41.2 Å². The number of amides is 1. The molecule has 106 valence electrons. The van der Waals surface area contributed by atoms with Crippen LogP contribution in [-0.2, 0) is 4.79 Å². The number of hydrogen-bond donors (Lipinski definition) is 2. The summed E-state index contributed by atoms with van der Waals surface area (Å²) >= 11 is 0. The van der Waals surface area contributed by atoms with Gasteiger partial charge in [0.25, 0.3) is 0 Å². The average Bonchev–Trinajstić information content (AvgIpc) is 2.39. The van der Waals surface area contributed by atoms with Crippen LogP contribution in [0.1, 0.15) is 42.5 Å². The highest BCUT2D eigenvalue weighted by atomic mass is 19.1. The smallest absolute Gasteiger partial charge is 0.338 e. The maximum Gasteiger partial charge on any atom is 0.338 e. The van der Waals surface area contributed by atoms with Crippen LogP contribution < -0.4 is 5.32 Å². The fourth-order valence-electron chi connectivity index (χ4n) is 2.24. The molecular weight excluding hydrogens is 261 g/mol. The van der Waals surface area contributed by atoms with Gasteiger partial charge in [0, 0.05) is 12.1 Å². The van der Waals surface area contributed by atoms with Crippen molar-refractivity contribution >= 4 is 17.6 Å². The number of carbonyl (C=O) groups is 2. The minimum absolute atomic E-state index is 0.208. The molecule has 0 fully saturated rings. The normalized spacial score (nSPS) is 14.6. The number of halogens is 1. The van der Waals surface area contributed by atoms with E-state index in [4.69, 9.17) is 5.11 Å². The zero-order valence-corrected chi connectivity index (χ0v) is 11.0. The molecule has 1 aromatic carbocycles. The first kappa shape index (κ1) is 14.2. The van der Waals surface area contributed by atoms with Crippen molar-refractivity contribution in [3.63, 3.8) is 0 Å². The predicted octanol–water partition coefficient (Wildman–Crippen LogP) is 3.35. The summed E-state index contributed by atoms with van der Waals surface area (Å²) in [5.41, 5.74) is 0.975. The lowest BCUT2D eigenvalue weighted by Gasteiger charge is -2.12. The molecule has 20 heavy (non-hydrogen) atoms. The van der Waals surface area contributed by atoms with Crippen molar-refractivity contribution in [1.82, 2.24) is 0 Å². The predicted molar refractivity (Wildman–Crippen MR) is 73.2 cm³/mol. The monoisotopic (exact) mass is 277 g/mol. The van der Waals surface area contributed by atoms with Crippen molar-refractivity contribution in [2.75, 3.05) is 5.32 Å². The first-order chi connectivity index (χ1) is 9.56. The van der Waals surface area contributed by atoms with E-state index in [1.807, 2.05) is 0 Å². The molecule has 1 aromatic rings. The number of benzene rings is 1. The Morgan fingerprint density at radius 3 is 2.70 bits per heavy atom. The number of rotatable bonds is 4. The molecule has 0 saturated carbocycles. The van der Waals surface area contributed by atoms with Gasteiger partial charge in [0.05, 0.1) is 5.56 Å². The fourth-order valence-corrected chi connectivity index (χ4v) is 2.24. The lowest BCUT2D eigenvalue weighted by molar-refractivity contribution is -0.115. The van der Waals surface area contributed by atoms with Gasteiger partial charge in [-0.3, -0.25) is 4.79 Å². The van der Waals surface area contributed by atoms with Crippen LogP contribution >= 0.6 is 0 Å². The molecular formula is C15H16FNO3. The quantitative estimate of drug-likeness (QED) is 0.829. The number of nitrogens with one attached hydrogen (secondary N) is 1. The maximum atomic E-state index is 13.5. The van der Waals surface area contributed by atoms with E-state index in [9.17, 15) is 14.0 Å². The molecule has 1 amide bonds. The molecule has 0 aromatic heterocycles. The third kappa shape index (κ3) is 3.66. The summed E-state index contributed by atoms with van der Waals surface area (Å²) in [6, 6.07) is 3.56. The molecule has 0 atom stereocenters. The van der Waals surface area contributed by atoms with Crippen LogP contribution in [0.5, 0.6) is 0 Å². The summed E-state index contributed by atoms with van der Waals surface area (Å²) in [6.45, 7) is 0. The van der Waals surface area contributed by atoms with Gasteiger partial charge in [-0.05, 0) is 43.9 Å². The molecule has 0 radical (unpaired) electrons. The molecule has 0 aliphatic heterocycles. The van der Waals surface area contributed by atoms with Gasteiger partial charge >= 0.3 is 5.97 Å². The minimum atomic E-state index is -1.33. The van der Waals surface area contributed by atoms with Crippen molar-refractivity contribution in [2.45, 2.75) is 32.1 Å². The van der Waals surface area contributed by atoms with Gasteiger partial charge in [-0.15, -0.1) is 0 Å². The SMILES string of the molecule is O=C(CC1=CCCCC1)Nc1ccc(C(=O)O)c(F)c1. The highest BCUT2D eigenvalue weighted by molar-refractivity contribution is 5.93. The summed E-state index contributed by atoms with van der Waals surface area (Å²) in [5.74, 6) is -2.39. The molecule has 2 rings (SSSR count). The Morgan fingerprint density at radius 1 is 1.30 bits per heavy atom. The largest absolute Gasteiger partial charge is 0.478 e. The number of allylic oxidation sites excluding steroid dienone is 1. The van der Waals surface area contributed by atoms with Crippen LogP contribution in [0.3, 0.4) is 0 Å². The van der Waals surface area contributed by atoms with E-state index in [0.717, 1.165) is 43.4 Å². The van der Waals surface area contributed by atoms with Gasteiger partial charge in [-0.25, -0.2) is 9.18 Å². The fraction of sp³-hybridized carbons (Fsp3) is 0.333. The van der Waals surface area contributed by atoms with Gasteiger partial charge in [0.15, 0.2) is 0 Å². The Morgan fingerprint density at radius 2 is 2.10 bits per heavy atom. The number of aromatic carboxylic acids is 1. The number of hydrogen-bond acceptors (Lipinski definition) is 2. The first-order valence-electron chi connectivity index (χ1n) is 6.57. The highest BCUT2D eigenvalue weighted by Gasteiger charge is 2.13. The first-order valence-corrected chi connectivity index (χ1v) is 6.57. The molecule has 4 nitrogen and oxygen atoms in total. The number of anilines is 1. The van der Waals surface area contributed by atoms with Crippen LogP contribution in [0.15, 0.2) is 29.8 Å². The van der Waals surface area contributed by atoms with Crippen LogP contribution in [0, 0.1) is 5.82 Å². The van der Waals surface area contributed by atoms with Gasteiger partial charge in [0.1, 0.15) is 5.82 Å². The molecule has 0 spiro atoms. The Kier molecular flexibility index (Phi) is 4.50. The average molecular weight is 277 g/mol. The maximum absolute atomic E-state index is 13.5. The molecule has 0 bridgehead atoms. The van der Waals surface area contributed by atoms with Gasteiger partial charge in [0.2, 0.25) is 5.91 Å². The summed E-state index contributed by atoms with van der Waals surface area (Å²) in [5, 5.41) is 11.3. The lowest BCUT2D eigenvalue weighted by Crippen LogP contribution is -2.13. The number of carboxylic acids is 1. The van der Waals surface area contributed by atoms with E-state index < -0.39 is 17.3 Å². The van der Waals surface area contributed by atoms with E-state index in [1.165, 1.54) is 6.07 Å². The molecule has 0 heterocycles. The Hall–Kier alpha value is -2.17. The van der Waals surface area contributed by atoms with E-state index in [2.05, 4.69) is 11.4 Å². The highest BCUT2D eigenvalue weighted by Crippen LogP contribution is 2.21. The zero-order chi connectivity index (χ0) is 14.5. The second-order valence-electron chi connectivity index (χ2n) is 4.83. The van der Waals surface area contributed by atoms with Crippen molar-refractivity contribution in [1.29, 1.82) is 0 Å². The minimum Gasteiger partial charge on any atom is -0.478 e. The van der Waals surface area contributed by atoms with Gasteiger partial charge < -0.3 is 10.4 Å². The van der Waals surface area contributed by atoms with Gasteiger partial charge in [-0.1, -0.05) is 11.6 Å². The Labute approximate surface area is 116 Å². The van der Waals surface area contributed by atoms with E-state index in [0.29, 0.717) is 6.42 Å². The van der Waals surface area contributed by atoms with Crippen LogP contribution in [0.2, 0.25) is 0 Å². The van der Waals surface area contributed by atoms with Crippen molar-refractivity contribution in [3.8, 4) is 0 Å². The Balaban J connectivity index is 1.99. The van der Waals surface area contributed by atoms with Crippen LogP contribution in [0.4, 0.5) is 10.1 Å². The molecule has 0 unspecified atom stereocenters. The zero-order valence-electron chi connectivity index (χ0n) is 11.0. The second-order valence-corrected chi connectivity index (χ2v) is 4.83. The summed E-state index contributed by atoms with van der Waals surface area (Å²) in [4.78, 5) is 22.5. The lowest BCUT2D eigenvalue weighted by atomic mass is 9.97. The van der Waals surface area contributed by atoms with Gasteiger partial charge in [-0.2, -0.15) is 0 Å². The van der Waals surface area contributed by atoms with E-state index >= 15 is 0 Å². The summed E-state index contributed by atoms with van der Waals surface area (Å²) in [7, 11) is 0. The van der Waals surface area contributed by atoms with E-state index in [-0.39, 0.29) is 11.6 Å². The van der Waals surface area contributed by atoms with Crippen LogP contribution in [0.25, 0.3) is 0 Å². The topological polar surface area (TPSA) is 66.4 Å². The van der Waals surface area contributed by atoms with E-state index in [1.54, 1.807) is 0 Å². The summed E-state index contributed by atoms with van der Waals surface area (Å²) < 4.78 is 13.5. The van der Waals surface area contributed by atoms with Crippen molar-refractivity contribution < 1.29 is 19.1 Å². The molecule has 1 aliphatic carbocycles. The second kappa shape index (κ2) is 6.32.